The maximum absolute atomic E-state index is 10.6. The van der Waals surface area contributed by atoms with E-state index < -0.39 is 18.0 Å². The molecule has 0 saturated heterocycles. The van der Waals surface area contributed by atoms with Gasteiger partial charge in [-0.05, 0) is 0 Å². The zero-order valence-electron chi connectivity index (χ0n) is 8.35. The summed E-state index contributed by atoms with van der Waals surface area (Å²) in [5, 5.41) is 7.00. The van der Waals surface area contributed by atoms with Crippen molar-refractivity contribution in [2.75, 3.05) is 14.2 Å². The predicted molar refractivity (Wildman–Crippen MR) is 46.4 cm³/mol. The minimum Gasteiger partial charge on any atom is -0.469 e. The molecule has 0 aliphatic heterocycles. The van der Waals surface area contributed by atoms with Gasteiger partial charge < -0.3 is 14.6 Å². The van der Waals surface area contributed by atoms with Gasteiger partial charge in [0.1, 0.15) is 0 Å². The van der Waals surface area contributed by atoms with E-state index in [1.165, 1.54) is 7.11 Å². The summed E-state index contributed by atoms with van der Waals surface area (Å²) < 4.78 is 8.74. The lowest BCUT2D eigenvalue weighted by molar-refractivity contribution is -0.154. The highest BCUT2D eigenvalue weighted by atomic mass is 16.6. The molecule has 0 aliphatic carbocycles. The second-order valence-electron chi connectivity index (χ2n) is 2.06. The summed E-state index contributed by atoms with van der Waals surface area (Å²) in [6, 6.07) is 0. The molecule has 0 saturated carbocycles. The van der Waals surface area contributed by atoms with Crippen molar-refractivity contribution in [1.29, 1.82) is 0 Å². The lowest BCUT2D eigenvalue weighted by Crippen LogP contribution is -2.22. The fourth-order valence-electron chi connectivity index (χ4n) is 0.578. The van der Waals surface area contributed by atoms with E-state index in [1.54, 1.807) is 0 Å². The Kier molecular flexibility index (Phi) is 10.4. The van der Waals surface area contributed by atoms with Crippen LogP contribution < -0.4 is 0 Å². The molecular formula is C8H14O6. The number of aliphatic hydroxyl groups is 1. The van der Waals surface area contributed by atoms with Gasteiger partial charge in [0.15, 0.2) is 12.4 Å². The quantitative estimate of drug-likeness (QED) is 0.482. The van der Waals surface area contributed by atoms with E-state index in [4.69, 9.17) is 5.11 Å². The average molecular weight is 206 g/mol. The van der Waals surface area contributed by atoms with Gasteiger partial charge in [0, 0.05) is 14.0 Å². The summed E-state index contributed by atoms with van der Waals surface area (Å²) in [5.74, 6) is -1.19. The van der Waals surface area contributed by atoms with Gasteiger partial charge >= 0.3 is 11.9 Å². The number of carbonyl (C=O) groups is 3. The van der Waals surface area contributed by atoms with Crippen molar-refractivity contribution in [2.24, 2.45) is 0 Å². The molecule has 6 heteroatoms. The molecule has 14 heavy (non-hydrogen) atoms. The van der Waals surface area contributed by atoms with Crippen LogP contribution in [0.15, 0.2) is 0 Å². The van der Waals surface area contributed by atoms with E-state index in [-0.39, 0.29) is 6.42 Å². The molecule has 0 bridgehead atoms. The van der Waals surface area contributed by atoms with Crippen LogP contribution in [-0.2, 0) is 23.9 Å². The van der Waals surface area contributed by atoms with Crippen LogP contribution in [0.4, 0.5) is 0 Å². The number of methoxy groups -OCH3 is 1. The van der Waals surface area contributed by atoms with Gasteiger partial charge in [-0.3, -0.25) is 14.4 Å². The molecule has 1 atom stereocenters. The first-order chi connectivity index (χ1) is 6.60. The number of carbonyl (C=O) groups excluding carboxylic acids is 3. The lowest BCUT2D eigenvalue weighted by atomic mass is 10.3. The molecule has 6 nitrogen and oxygen atoms in total. The molecule has 1 N–H and O–H groups in total. The number of rotatable bonds is 4. The number of aliphatic hydroxyl groups excluding tert-OH is 1. The van der Waals surface area contributed by atoms with Crippen LogP contribution in [-0.4, -0.2) is 43.7 Å². The minimum atomic E-state index is -1.03. The van der Waals surface area contributed by atoms with E-state index in [2.05, 4.69) is 9.47 Å². The predicted octanol–water partition coefficient (Wildman–Crippen LogP) is -0.711. The molecule has 0 unspecified atom stereocenters. The Bertz CT molecular complexity index is 188. The van der Waals surface area contributed by atoms with Crippen LogP contribution in [0.1, 0.15) is 13.3 Å². The standard InChI is InChI=1S/C7H10O5.CH4O/c1-5(9)12-6(4-8)3-7(10)11-2;1-2/h4,6H,3H2,1-2H3;2H,1H3/t6-;/m1./s1. The zero-order valence-corrected chi connectivity index (χ0v) is 8.35. The Hall–Kier alpha value is -1.43. The van der Waals surface area contributed by atoms with Gasteiger partial charge in [-0.25, -0.2) is 0 Å². The average Bonchev–Trinajstić information content (AvgIpc) is 2.19. The summed E-state index contributed by atoms with van der Waals surface area (Å²) in [6.07, 6.45) is -0.882. The normalized spacial score (nSPS) is 10.3. The monoisotopic (exact) mass is 206 g/mol. The van der Waals surface area contributed by atoms with Crippen LogP contribution in [0.25, 0.3) is 0 Å². The molecule has 0 rings (SSSR count). The molecule has 82 valence electrons. The molecule has 0 fully saturated rings. The van der Waals surface area contributed by atoms with E-state index in [0.29, 0.717) is 6.29 Å². The van der Waals surface area contributed by atoms with Gasteiger partial charge in [0.2, 0.25) is 0 Å². The highest BCUT2D eigenvalue weighted by Crippen LogP contribution is 1.97. The summed E-state index contributed by atoms with van der Waals surface area (Å²) in [4.78, 5) is 31.1. The molecule has 0 radical (unpaired) electrons. The summed E-state index contributed by atoms with van der Waals surface area (Å²) in [7, 11) is 2.19. The van der Waals surface area contributed by atoms with Crippen LogP contribution in [0.3, 0.4) is 0 Å². The van der Waals surface area contributed by atoms with Gasteiger partial charge in [0.25, 0.3) is 0 Å². The topological polar surface area (TPSA) is 89.9 Å². The fourth-order valence-corrected chi connectivity index (χ4v) is 0.578. The number of hydrogen-bond donors (Lipinski definition) is 1. The molecule has 0 aromatic heterocycles. The van der Waals surface area contributed by atoms with Gasteiger partial charge in [-0.1, -0.05) is 0 Å². The first-order valence-corrected chi connectivity index (χ1v) is 3.74. The second-order valence-corrected chi connectivity index (χ2v) is 2.06. The molecule has 0 aliphatic rings. The maximum Gasteiger partial charge on any atom is 0.309 e. The Morgan fingerprint density at radius 3 is 2.21 bits per heavy atom. The lowest BCUT2D eigenvalue weighted by Gasteiger charge is -2.07. The van der Waals surface area contributed by atoms with Crippen LogP contribution in [0, 0.1) is 0 Å². The third-order valence-electron chi connectivity index (χ3n) is 1.06. The largest absolute Gasteiger partial charge is 0.469 e. The van der Waals surface area contributed by atoms with E-state index in [1.807, 2.05) is 0 Å². The first kappa shape index (κ1) is 15.1. The fraction of sp³-hybridized carbons (Fsp3) is 0.625. The van der Waals surface area contributed by atoms with Crippen molar-refractivity contribution in [3.05, 3.63) is 0 Å². The third-order valence-corrected chi connectivity index (χ3v) is 1.06. The molecule has 0 spiro atoms. The summed E-state index contributed by atoms with van der Waals surface area (Å²) in [6.45, 7) is 1.16. The van der Waals surface area contributed by atoms with Gasteiger partial charge in [-0.2, -0.15) is 0 Å². The number of aldehydes is 1. The molecule has 0 aromatic rings. The highest BCUT2D eigenvalue weighted by Gasteiger charge is 2.15. The summed E-state index contributed by atoms with van der Waals surface area (Å²) in [5.41, 5.74) is 0. The number of esters is 2. The molecule has 0 aromatic carbocycles. The third kappa shape index (κ3) is 8.66. The van der Waals surface area contributed by atoms with Crippen molar-refractivity contribution < 1.29 is 29.0 Å². The Morgan fingerprint density at radius 1 is 1.43 bits per heavy atom. The SMILES string of the molecule is CO.COC(=O)C[C@H](C=O)OC(C)=O. The minimum absolute atomic E-state index is 0.237. The van der Waals surface area contributed by atoms with Gasteiger partial charge in [-0.15, -0.1) is 0 Å². The second kappa shape index (κ2) is 9.66. The van der Waals surface area contributed by atoms with Crippen LogP contribution in [0.2, 0.25) is 0 Å². The van der Waals surface area contributed by atoms with Crippen molar-refractivity contribution in [1.82, 2.24) is 0 Å². The molecular weight excluding hydrogens is 192 g/mol. The van der Waals surface area contributed by atoms with Crippen molar-refractivity contribution in [2.45, 2.75) is 19.4 Å². The van der Waals surface area contributed by atoms with Crippen LogP contribution in [0.5, 0.6) is 0 Å². The Morgan fingerprint density at radius 2 is 1.93 bits per heavy atom. The number of ether oxygens (including phenoxy) is 2. The van der Waals surface area contributed by atoms with E-state index in [9.17, 15) is 14.4 Å². The van der Waals surface area contributed by atoms with Crippen molar-refractivity contribution >= 4 is 18.2 Å². The zero-order chi connectivity index (χ0) is 11.6. The Labute approximate surface area is 81.8 Å². The molecule has 0 heterocycles. The van der Waals surface area contributed by atoms with E-state index >= 15 is 0 Å². The maximum atomic E-state index is 10.6. The summed E-state index contributed by atoms with van der Waals surface area (Å²) >= 11 is 0. The molecule has 0 amide bonds. The van der Waals surface area contributed by atoms with Crippen LogP contribution >= 0.6 is 0 Å². The van der Waals surface area contributed by atoms with Gasteiger partial charge in [0.05, 0.1) is 13.5 Å². The number of hydrogen-bond acceptors (Lipinski definition) is 6. The van der Waals surface area contributed by atoms with Crippen molar-refractivity contribution in [3.63, 3.8) is 0 Å². The van der Waals surface area contributed by atoms with Crippen molar-refractivity contribution in [3.8, 4) is 0 Å². The highest BCUT2D eigenvalue weighted by molar-refractivity contribution is 5.77. The Balaban J connectivity index is 0. The first-order valence-electron chi connectivity index (χ1n) is 3.74. The van der Waals surface area contributed by atoms with E-state index in [0.717, 1.165) is 14.0 Å². The smallest absolute Gasteiger partial charge is 0.309 e.